The number of fused-ring (bicyclic) bond motifs is 2. The number of amides is 1. The molecule has 1 aliphatic heterocycles. The number of hydrogen-bond donors (Lipinski definition) is 0. The van der Waals surface area contributed by atoms with Gasteiger partial charge in [-0.15, -0.1) is 11.3 Å². The molecule has 130 valence electrons. The number of aromatic nitrogens is 2. The van der Waals surface area contributed by atoms with Gasteiger partial charge in [0.15, 0.2) is 0 Å². The Morgan fingerprint density at radius 3 is 2.62 bits per heavy atom. The van der Waals surface area contributed by atoms with Crippen LogP contribution in [0.15, 0.2) is 48.1 Å². The summed E-state index contributed by atoms with van der Waals surface area (Å²) in [5, 5.41) is 3.09. The lowest BCUT2D eigenvalue weighted by Gasteiger charge is -2.21. The van der Waals surface area contributed by atoms with E-state index < -0.39 is 0 Å². The average molecular weight is 361 g/mol. The van der Waals surface area contributed by atoms with Gasteiger partial charge in [-0.3, -0.25) is 9.78 Å². The quantitative estimate of drug-likeness (QED) is 0.667. The van der Waals surface area contributed by atoms with Crippen LogP contribution in [0.25, 0.3) is 21.8 Å². The summed E-state index contributed by atoms with van der Waals surface area (Å²) in [5.41, 5.74) is 5.10. The van der Waals surface area contributed by atoms with Crippen LogP contribution in [0, 0.1) is 0 Å². The number of benzene rings is 1. The van der Waals surface area contributed by atoms with Gasteiger partial charge >= 0.3 is 0 Å². The van der Waals surface area contributed by atoms with Crippen molar-refractivity contribution in [2.45, 2.75) is 31.1 Å². The second-order valence-corrected chi connectivity index (χ2v) is 8.02. The number of carbonyl (C=O) groups excluding carboxylic acids is 1. The number of likely N-dealkylation sites (N-methyl/N-ethyl adjacent to an activating group) is 1. The Hall–Kier alpha value is -2.53. The van der Waals surface area contributed by atoms with Gasteiger partial charge in [-0.2, -0.15) is 0 Å². The topological polar surface area (TPSA) is 46.1 Å². The molecule has 26 heavy (non-hydrogen) atoms. The fraction of sp³-hybridized carbons (Fsp3) is 0.286. The minimum Gasteiger partial charge on any atom is -0.314 e. The third-order valence-corrected chi connectivity index (χ3v) is 6.66. The number of pyridine rings is 1. The van der Waals surface area contributed by atoms with Crippen LogP contribution in [-0.2, 0) is 10.2 Å². The molecule has 2 aromatic heterocycles. The minimum absolute atomic E-state index is 0.262. The lowest BCUT2D eigenvalue weighted by molar-refractivity contribution is -0.122. The fourth-order valence-corrected chi connectivity index (χ4v) is 5.25. The number of thiazole rings is 1. The van der Waals surface area contributed by atoms with Gasteiger partial charge in [-0.1, -0.05) is 18.9 Å². The Kier molecular flexibility index (Phi) is 3.47. The molecule has 1 spiro atoms. The molecule has 1 aliphatic carbocycles. The molecule has 1 fully saturated rings. The lowest BCUT2D eigenvalue weighted by atomic mass is 9.79. The summed E-state index contributed by atoms with van der Waals surface area (Å²) in [7, 11) is 1.90. The fourth-order valence-electron chi connectivity index (χ4n) is 4.41. The molecule has 1 saturated carbocycles. The average Bonchev–Trinajstić information content (AvgIpc) is 3.41. The molecule has 5 heteroatoms. The predicted octanol–water partition coefficient (Wildman–Crippen LogP) is 4.66. The van der Waals surface area contributed by atoms with Gasteiger partial charge in [0.25, 0.3) is 0 Å². The maximum absolute atomic E-state index is 12.9. The Labute approximate surface area is 156 Å². The van der Waals surface area contributed by atoms with Crippen LogP contribution in [0.5, 0.6) is 0 Å². The van der Waals surface area contributed by atoms with Crippen LogP contribution in [0.3, 0.4) is 0 Å². The summed E-state index contributed by atoms with van der Waals surface area (Å²) in [6.07, 6.45) is 7.77. The van der Waals surface area contributed by atoms with Crippen molar-refractivity contribution in [3.8, 4) is 21.8 Å². The van der Waals surface area contributed by atoms with E-state index in [4.69, 9.17) is 4.98 Å². The van der Waals surface area contributed by atoms with Crippen molar-refractivity contribution in [3.05, 3.63) is 53.7 Å². The Morgan fingerprint density at radius 2 is 1.85 bits per heavy atom. The summed E-state index contributed by atoms with van der Waals surface area (Å²) in [5.74, 6) is 0.262. The molecule has 0 unspecified atom stereocenters. The zero-order chi connectivity index (χ0) is 17.7. The smallest absolute Gasteiger partial charge is 0.237 e. The molecule has 0 bridgehead atoms. The van der Waals surface area contributed by atoms with Crippen molar-refractivity contribution >= 4 is 22.9 Å². The van der Waals surface area contributed by atoms with Crippen molar-refractivity contribution in [3.63, 3.8) is 0 Å². The number of hydrogen-bond acceptors (Lipinski definition) is 4. The van der Waals surface area contributed by atoms with E-state index in [1.165, 1.54) is 5.56 Å². The highest BCUT2D eigenvalue weighted by molar-refractivity contribution is 7.13. The molecule has 3 aromatic rings. The van der Waals surface area contributed by atoms with Gasteiger partial charge in [-0.25, -0.2) is 4.98 Å². The van der Waals surface area contributed by atoms with Crippen LogP contribution >= 0.6 is 11.3 Å². The zero-order valence-corrected chi connectivity index (χ0v) is 15.4. The molecule has 1 aromatic carbocycles. The first-order valence-corrected chi connectivity index (χ1v) is 9.86. The van der Waals surface area contributed by atoms with E-state index in [0.717, 1.165) is 53.2 Å². The van der Waals surface area contributed by atoms with Crippen LogP contribution in [0.1, 0.15) is 31.2 Å². The molecule has 3 heterocycles. The van der Waals surface area contributed by atoms with Gasteiger partial charge in [0.1, 0.15) is 5.01 Å². The summed E-state index contributed by atoms with van der Waals surface area (Å²) >= 11 is 1.64. The molecule has 5 rings (SSSR count). The lowest BCUT2D eigenvalue weighted by Crippen LogP contribution is -2.36. The molecule has 2 aliphatic rings. The highest BCUT2D eigenvalue weighted by Crippen LogP contribution is 2.51. The van der Waals surface area contributed by atoms with Gasteiger partial charge in [-0.05, 0) is 42.7 Å². The third-order valence-electron chi connectivity index (χ3n) is 5.77. The van der Waals surface area contributed by atoms with Crippen LogP contribution < -0.4 is 4.90 Å². The molecule has 1 amide bonds. The Bertz CT molecular complexity index is 990. The Balaban J connectivity index is 1.58. The highest BCUT2D eigenvalue weighted by Gasteiger charge is 2.51. The first-order chi connectivity index (χ1) is 12.7. The summed E-state index contributed by atoms with van der Waals surface area (Å²) in [6.45, 7) is 0. The van der Waals surface area contributed by atoms with Crippen LogP contribution in [-0.4, -0.2) is 22.9 Å². The van der Waals surface area contributed by atoms with Gasteiger partial charge in [0.2, 0.25) is 5.91 Å². The maximum Gasteiger partial charge on any atom is 0.237 e. The minimum atomic E-state index is -0.302. The number of anilines is 1. The zero-order valence-electron chi connectivity index (χ0n) is 14.6. The monoisotopic (exact) mass is 361 g/mol. The number of rotatable bonds is 2. The Morgan fingerprint density at radius 1 is 1.08 bits per heavy atom. The van der Waals surface area contributed by atoms with Crippen molar-refractivity contribution < 1.29 is 4.79 Å². The van der Waals surface area contributed by atoms with Crippen molar-refractivity contribution in [1.29, 1.82) is 0 Å². The van der Waals surface area contributed by atoms with E-state index >= 15 is 0 Å². The highest BCUT2D eigenvalue weighted by atomic mass is 32.1. The second-order valence-electron chi connectivity index (χ2n) is 7.16. The van der Waals surface area contributed by atoms with Gasteiger partial charge in [0, 0.05) is 41.6 Å². The molecular formula is C21H19N3OS. The first kappa shape index (κ1) is 15.7. The summed E-state index contributed by atoms with van der Waals surface area (Å²) < 4.78 is 0. The van der Waals surface area contributed by atoms with Crippen LogP contribution in [0.4, 0.5) is 5.69 Å². The van der Waals surface area contributed by atoms with Crippen molar-refractivity contribution in [2.75, 3.05) is 11.9 Å². The number of nitrogens with zero attached hydrogens (tertiary/aromatic N) is 3. The maximum atomic E-state index is 12.9. The normalized spacial score (nSPS) is 17.9. The molecule has 0 atom stereocenters. The van der Waals surface area contributed by atoms with E-state index in [9.17, 15) is 4.79 Å². The van der Waals surface area contributed by atoms with E-state index in [1.807, 2.05) is 24.1 Å². The third kappa shape index (κ3) is 2.16. The molecule has 0 radical (unpaired) electrons. The molecular weight excluding hydrogens is 342 g/mol. The van der Waals surface area contributed by atoms with Gasteiger partial charge < -0.3 is 4.90 Å². The second kappa shape index (κ2) is 5.74. The molecule has 4 nitrogen and oxygen atoms in total. The van der Waals surface area contributed by atoms with Crippen molar-refractivity contribution in [1.82, 2.24) is 9.97 Å². The number of carbonyl (C=O) groups is 1. The summed E-state index contributed by atoms with van der Waals surface area (Å²) in [6, 6.07) is 10.3. The first-order valence-electron chi connectivity index (χ1n) is 8.98. The standard InChI is InChI=1S/C21H19N3OS/c1-24-18-5-4-15(12-16(18)21(20(24)25)8-2-3-9-21)17-13-26-19(23-17)14-6-10-22-11-7-14/h4-7,10-13H,2-3,8-9H2,1H3. The van der Waals surface area contributed by atoms with E-state index in [-0.39, 0.29) is 11.3 Å². The largest absolute Gasteiger partial charge is 0.314 e. The predicted molar refractivity (Wildman–Crippen MR) is 104 cm³/mol. The van der Waals surface area contributed by atoms with E-state index in [1.54, 1.807) is 23.7 Å². The van der Waals surface area contributed by atoms with E-state index in [2.05, 4.69) is 28.6 Å². The molecule has 0 N–H and O–H groups in total. The van der Waals surface area contributed by atoms with E-state index in [0.29, 0.717) is 0 Å². The van der Waals surface area contributed by atoms with Crippen LogP contribution in [0.2, 0.25) is 0 Å². The summed E-state index contributed by atoms with van der Waals surface area (Å²) in [4.78, 5) is 23.7. The van der Waals surface area contributed by atoms with Crippen molar-refractivity contribution in [2.24, 2.45) is 0 Å². The van der Waals surface area contributed by atoms with Gasteiger partial charge in [0.05, 0.1) is 11.1 Å². The molecule has 0 saturated heterocycles. The SMILES string of the molecule is CN1C(=O)C2(CCCC2)c2cc(-c3csc(-c4ccncc4)n3)ccc21.